The third kappa shape index (κ3) is 4.13. The molecule has 0 unspecified atom stereocenters. The molecule has 0 spiro atoms. The molecule has 4 heteroatoms. The zero-order valence-corrected chi connectivity index (χ0v) is 16.3. The summed E-state index contributed by atoms with van der Waals surface area (Å²) in [6.07, 6.45) is 7.86. The summed E-state index contributed by atoms with van der Waals surface area (Å²) >= 11 is 1.85. The van der Waals surface area contributed by atoms with Crippen LogP contribution in [0.1, 0.15) is 48.4 Å². The predicted molar refractivity (Wildman–Crippen MR) is 110 cm³/mol. The number of pyridine rings is 1. The number of para-hydroxylation sites is 1. The highest BCUT2D eigenvalue weighted by atomic mass is 32.1. The Morgan fingerprint density at radius 1 is 1.15 bits per heavy atom. The Balaban J connectivity index is 1.25. The van der Waals surface area contributed by atoms with E-state index in [9.17, 15) is 0 Å². The van der Waals surface area contributed by atoms with Gasteiger partial charge < -0.3 is 4.90 Å². The van der Waals surface area contributed by atoms with E-state index in [1.807, 2.05) is 17.5 Å². The van der Waals surface area contributed by atoms with Crippen molar-refractivity contribution in [2.24, 2.45) is 0 Å². The van der Waals surface area contributed by atoms with Crippen LogP contribution < -0.4 is 0 Å². The number of piperidine rings is 1. The number of thiazole rings is 1. The van der Waals surface area contributed by atoms with E-state index in [0.29, 0.717) is 5.92 Å². The molecule has 1 aliphatic rings. The highest BCUT2D eigenvalue weighted by Gasteiger charge is 2.21. The highest BCUT2D eigenvalue weighted by molar-refractivity contribution is 7.18. The van der Waals surface area contributed by atoms with Gasteiger partial charge in [0.1, 0.15) is 0 Å². The van der Waals surface area contributed by atoms with Crippen LogP contribution >= 0.6 is 11.3 Å². The van der Waals surface area contributed by atoms with Gasteiger partial charge in [-0.25, -0.2) is 4.98 Å². The molecule has 1 aliphatic heterocycles. The molecule has 1 fully saturated rings. The average molecular weight is 366 g/mol. The molecule has 26 heavy (non-hydrogen) atoms. The summed E-state index contributed by atoms with van der Waals surface area (Å²) in [5.41, 5.74) is 3.86. The molecule has 0 amide bonds. The first-order valence-electron chi connectivity index (χ1n) is 9.83. The van der Waals surface area contributed by atoms with Gasteiger partial charge in [0.2, 0.25) is 0 Å². The molecule has 1 saturated heterocycles. The van der Waals surface area contributed by atoms with Crippen LogP contribution in [0.15, 0.2) is 42.6 Å². The second-order valence-electron chi connectivity index (χ2n) is 7.24. The summed E-state index contributed by atoms with van der Waals surface area (Å²) in [7, 11) is 0. The summed E-state index contributed by atoms with van der Waals surface area (Å²) in [5.74, 6) is 0.641. The third-order valence-corrected chi connectivity index (χ3v) is 6.56. The Labute approximate surface area is 160 Å². The standard InChI is InChI=1S/C22H27N3S/c1-2-17-9-12-23-20(16-17)18-10-14-25(15-11-18)13-5-8-22-24-19-6-3-4-7-21(19)26-22/h3-4,6-7,9,12,16,18H,2,5,8,10-11,13-15H2,1H3. The number of hydrogen-bond acceptors (Lipinski definition) is 4. The lowest BCUT2D eigenvalue weighted by atomic mass is 9.92. The maximum atomic E-state index is 4.76. The van der Waals surface area contributed by atoms with E-state index in [2.05, 4.69) is 53.2 Å². The van der Waals surface area contributed by atoms with Crippen LogP contribution in [0.4, 0.5) is 0 Å². The van der Waals surface area contributed by atoms with E-state index in [0.717, 1.165) is 18.4 Å². The Bertz CT molecular complexity index is 816. The first-order valence-corrected chi connectivity index (χ1v) is 10.6. The van der Waals surface area contributed by atoms with E-state index in [1.165, 1.54) is 59.9 Å². The van der Waals surface area contributed by atoms with Crippen molar-refractivity contribution in [1.29, 1.82) is 0 Å². The van der Waals surface area contributed by atoms with E-state index >= 15 is 0 Å². The molecule has 0 N–H and O–H groups in total. The topological polar surface area (TPSA) is 29.0 Å². The van der Waals surface area contributed by atoms with Crippen LogP contribution in [0.3, 0.4) is 0 Å². The van der Waals surface area contributed by atoms with Crippen LogP contribution in [-0.4, -0.2) is 34.5 Å². The number of likely N-dealkylation sites (tertiary alicyclic amines) is 1. The molecular formula is C22H27N3S. The average Bonchev–Trinajstić information content (AvgIpc) is 3.11. The molecule has 0 bridgehead atoms. The lowest BCUT2D eigenvalue weighted by Gasteiger charge is -2.31. The van der Waals surface area contributed by atoms with Crippen molar-refractivity contribution in [2.75, 3.05) is 19.6 Å². The van der Waals surface area contributed by atoms with Gasteiger partial charge in [0.15, 0.2) is 0 Å². The van der Waals surface area contributed by atoms with Gasteiger partial charge in [0.05, 0.1) is 15.2 Å². The number of rotatable bonds is 6. The summed E-state index contributed by atoms with van der Waals surface area (Å²) in [4.78, 5) is 12.0. The van der Waals surface area contributed by atoms with Crippen LogP contribution in [-0.2, 0) is 12.8 Å². The van der Waals surface area contributed by atoms with E-state index in [-0.39, 0.29) is 0 Å². The van der Waals surface area contributed by atoms with Gasteiger partial charge in [-0.2, -0.15) is 0 Å². The number of nitrogens with zero attached hydrogens (tertiary/aromatic N) is 3. The lowest BCUT2D eigenvalue weighted by molar-refractivity contribution is 0.209. The van der Waals surface area contributed by atoms with Crippen molar-refractivity contribution in [2.45, 2.75) is 44.9 Å². The predicted octanol–water partition coefficient (Wildman–Crippen LogP) is 5.07. The van der Waals surface area contributed by atoms with Gasteiger partial charge in [0.25, 0.3) is 0 Å². The Morgan fingerprint density at radius 2 is 2.00 bits per heavy atom. The van der Waals surface area contributed by atoms with Crippen molar-refractivity contribution >= 4 is 21.6 Å². The molecule has 3 heterocycles. The molecule has 1 aromatic carbocycles. The van der Waals surface area contributed by atoms with Crippen LogP contribution in [0.5, 0.6) is 0 Å². The third-order valence-electron chi connectivity index (χ3n) is 5.46. The zero-order valence-electron chi connectivity index (χ0n) is 15.5. The van der Waals surface area contributed by atoms with Crippen LogP contribution in [0.25, 0.3) is 10.2 Å². The van der Waals surface area contributed by atoms with Gasteiger partial charge in [-0.3, -0.25) is 4.98 Å². The summed E-state index contributed by atoms with van der Waals surface area (Å²) in [6, 6.07) is 12.9. The molecule has 0 radical (unpaired) electrons. The van der Waals surface area contributed by atoms with Gasteiger partial charge in [0, 0.05) is 24.2 Å². The lowest BCUT2D eigenvalue weighted by Crippen LogP contribution is -2.34. The maximum absolute atomic E-state index is 4.76. The van der Waals surface area contributed by atoms with Crippen molar-refractivity contribution in [3.05, 3.63) is 58.9 Å². The van der Waals surface area contributed by atoms with Crippen molar-refractivity contribution in [3.63, 3.8) is 0 Å². The summed E-state index contributed by atoms with van der Waals surface area (Å²) in [6.45, 7) is 5.79. The van der Waals surface area contributed by atoms with Gasteiger partial charge in [-0.15, -0.1) is 11.3 Å². The normalized spacial score (nSPS) is 16.3. The van der Waals surface area contributed by atoms with Gasteiger partial charge in [-0.05, 0) is 75.1 Å². The first kappa shape index (κ1) is 17.6. The van der Waals surface area contributed by atoms with Gasteiger partial charge >= 0.3 is 0 Å². The molecule has 2 aromatic heterocycles. The van der Waals surface area contributed by atoms with E-state index in [4.69, 9.17) is 4.98 Å². The minimum Gasteiger partial charge on any atom is -0.303 e. The number of fused-ring (bicyclic) bond motifs is 1. The highest BCUT2D eigenvalue weighted by Crippen LogP contribution is 2.27. The SMILES string of the molecule is CCc1ccnc(C2CCN(CCCc3nc4ccccc4s3)CC2)c1. The zero-order chi connectivity index (χ0) is 17.8. The second-order valence-corrected chi connectivity index (χ2v) is 8.35. The first-order chi connectivity index (χ1) is 12.8. The number of aryl methyl sites for hydroxylation is 2. The summed E-state index contributed by atoms with van der Waals surface area (Å²) < 4.78 is 1.31. The summed E-state index contributed by atoms with van der Waals surface area (Å²) in [5, 5.41) is 1.28. The second kappa shape index (κ2) is 8.28. The molecular weight excluding hydrogens is 338 g/mol. The number of aromatic nitrogens is 2. The van der Waals surface area contributed by atoms with E-state index in [1.54, 1.807) is 0 Å². The fourth-order valence-electron chi connectivity index (χ4n) is 3.87. The molecule has 4 rings (SSSR count). The molecule has 136 valence electrons. The van der Waals surface area contributed by atoms with Crippen molar-refractivity contribution < 1.29 is 0 Å². The smallest absolute Gasteiger partial charge is 0.0939 e. The quantitative estimate of drug-likeness (QED) is 0.611. The largest absolute Gasteiger partial charge is 0.303 e. The monoisotopic (exact) mass is 365 g/mol. The fraction of sp³-hybridized carbons (Fsp3) is 0.455. The van der Waals surface area contributed by atoms with Crippen molar-refractivity contribution in [1.82, 2.24) is 14.9 Å². The maximum Gasteiger partial charge on any atom is 0.0939 e. The molecule has 0 saturated carbocycles. The molecule has 3 aromatic rings. The van der Waals surface area contributed by atoms with Crippen molar-refractivity contribution in [3.8, 4) is 0 Å². The Kier molecular flexibility index (Phi) is 5.61. The fourth-order valence-corrected chi connectivity index (χ4v) is 4.88. The van der Waals surface area contributed by atoms with Crippen LogP contribution in [0, 0.1) is 0 Å². The molecule has 0 atom stereocenters. The molecule has 0 aliphatic carbocycles. The number of benzene rings is 1. The Hall–Kier alpha value is -1.78. The van der Waals surface area contributed by atoms with E-state index < -0.39 is 0 Å². The van der Waals surface area contributed by atoms with Gasteiger partial charge in [-0.1, -0.05) is 19.1 Å². The minimum absolute atomic E-state index is 0.641. The number of hydrogen-bond donors (Lipinski definition) is 0. The Morgan fingerprint density at radius 3 is 2.81 bits per heavy atom. The molecule has 3 nitrogen and oxygen atoms in total. The van der Waals surface area contributed by atoms with Crippen LogP contribution in [0.2, 0.25) is 0 Å². The minimum atomic E-state index is 0.641.